The lowest BCUT2D eigenvalue weighted by atomic mass is 9.97. The third-order valence-electron chi connectivity index (χ3n) is 6.76. The quantitative estimate of drug-likeness (QED) is 0.755. The number of likely N-dealkylation sites (tertiary alicyclic amines) is 1. The molecule has 0 aromatic heterocycles. The molecule has 0 radical (unpaired) electrons. The van der Waals surface area contributed by atoms with Crippen LogP contribution in [0.3, 0.4) is 0 Å². The maximum Gasteiger partial charge on any atom is 0.255 e. The topological polar surface area (TPSA) is 81.8 Å². The number of nitrogens with one attached hydrogen (secondary N) is 2. The number of carbonyl (C=O) groups excluding carboxylic acids is 3. The van der Waals surface area contributed by atoms with Gasteiger partial charge >= 0.3 is 0 Å². The molecule has 0 aliphatic carbocycles. The molecule has 7 nitrogen and oxygen atoms in total. The molecule has 2 unspecified atom stereocenters. The van der Waals surface area contributed by atoms with Crippen molar-refractivity contribution in [3.63, 3.8) is 0 Å². The molecule has 4 heterocycles. The van der Waals surface area contributed by atoms with Crippen molar-refractivity contribution in [1.82, 2.24) is 20.4 Å². The summed E-state index contributed by atoms with van der Waals surface area (Å²) in [7, 11) is 0. The van der Waals surface area contributed by atoms with Crippen molar-refractivity contribution in [3.05, 3.63) is 34.9 Å². The summed E-state index contributed by atoms with van der Waals surface area (Å²) < 4.78 is 0. The second-order valence-corrected chi connectivity index (χ2v) is 8.66. The van der Waals surface area contributed by atoms with Gasteiger partial charge in [-0.05, 0) is 49.4 Å². The van der Waals surface area contributed by atoms with Crippen LogP contribution in [0.15, 0.2) is 18.2 Å². The Morgan fingerprint density at radius 3 is 2.86 bits per heavy atom. The number of hydrogen-bond acceptors (Lipinski definition) is 5. The number of carbonyl (C=O) groups is 3. The van der Waals surface area contributed by atoms with Crippen LogP contribution in [-0.4, -0.2) is 58.7 Å². The van der Waals surface area contributed by atoms with Gasteiger partial charge in [-0.1, -0.05) is 12.1 Å². The molecule has 1 aromatic rings. The average Bonchev–Trinajstić information content (AvgIpc) is 3.37. The Hall–Kier alpha value is -2.25. The molecule has 1 aromatic carbocycles. The van der Waals surface area contributed by atoms with Gasteiger partial charge < -0.3 is 10.2 Å². The SMILES string of the molecule is O=C1CCC(N2Cc3cc(CN4CCC5(CCCN5)C4)ccc3C2=O)C(=O)N1. The predicted octanol–water partition coefficient (Wildman–Crippen LogP) is 0.776. The second kappa shape index (κ2) is 6.67. The van der Waals surface area contributed by atoms with Gasteiger partial charge in [0, 0.05) is 43.7 Å². The lowest BCUT2D eigenvalue weighted by Gasteiger charge is -2.29. The second-order valence-electron chi connectivity index (χ2n) is 8.66. The van der Waals surface area contributed by atoms with E-state index in [1.165, 1.54) is 24.8 Å². The van der Waals surface area contributed by atoms with Crippen molar-refractivity contribution in [1.29, 1.82) is 0 Å². The van der Waals surface area contributed by atoms with Gasteiger partial charge in [-0.3, -0.25) is 24.6 Å². The van der Waals surface area contributed by atoms with Gasteiger partial charge in [0.1, 0.15) is 6.04 Å². The summed E-state index contributed by atoms with van der Waals surface area (Å²) in [5.74, 6) is -0.719. The van der Waals surface area contributed by atoms with Gasteiger partial charge in [-0.25, -0.2) is 0 Å². The largest absolute Gasteiger partial charge is 0.322 e. The summed E-state index contributed by atoms with van der Waals surface area (Å²) in [5, 5.41) is 6.04. The third kappa shape index (κ3) is 3.02. The first-order valence-electron chi connectivity index (χ1n) is 10.3. The van der Waals surface area contributed by atoms with E-state index in [0.29, 0.717) is 24.1 Å². The lowest BCUT2D eigenvalue weighted by Crippen LogP contribution is -2.52. The molecular weight excluding hydrogens is 356 g/mol. The zero-order valence-corrected chi connectivity index (χ0v) is 16.0. The van der Waals surface area contributed by atoms with Gasteiger partial charge in [-0.2, -0.15) is 0 Å². The van der Waals surface area contributed by atoms with Crippen LogP contribution in [0.4, 0.5) is 0 Å². The van der Waals surface area contributed by atoms with Gasteiger partial charge in [0.15, 0.2) is 0 Å². The maximum absolute atomic E-state index is 12.8. The van der Waals surface area contributed by atoms with Crippen LogP contribution in [0.2, 0.25) is 0 Å². The number of piperidine rings is 1. The third-order valence-corrected chi connectivity index (χ3v) is 6.76. The summed E-state index contributed by atoms with van der Waals surface area (Å²) in [6, 6.07) is 5.51. The fourth-order valence-electron chi connectivity index (χ4n) is 5.29. The smallest absolute Gasteiger partial charge is 0.255 e. The average molecular weight is 382 g/mol. The molecule has 0 saturated carbocycles. The fraction of sp³-hybridized carbons (Fsp3) is 0.571. The Morgan fingerprint density at radius 1 is 1.18 bits per heavy atom. The van der Waals surface area contributed by atoms with Crippen LogP contribution >= 0.6 is 0 Å². The number of rotatable bonds is 3. The van der Waals surface area contributed by atoms with Gasteiger partial charge in [0.25, 0.3) is 5.91 Å². The zero-order chi connectivity index (χ0) is 19.3. The highest BCUT2D eigenvalue weighted by molar-refractivity contribution is 6.05. The summed E-state index contributed by atoms with van der Waals surface area (Å²) >= 11 is 0. The molecule has 2 N–H and O–H groups in total. The normalized spacial score (nSPS) is 30.4. The van der Waals surface area contributed by atoms with Crippen molar-refractivity contribution in [2.75, 3.05) is 19.6 Å². The molecule has 5 rings (SSSR count). The van der Waals surface area contributed by atoms with E-state index in [2.05, 4.69) is 21.6 Å². The van der Waals surface area contributed by atoms with E-state index < -0.39 is 6.04 Å². The highest BCUT2D eigenvalue weighted by atomic mass is 16.2. The van der Waals surface area contributed by atoms with Crippen molar-refractivity contribution >= 4 is 17.7 Å². The van der Waals surface area contributed by atoms with Crippen molar-refractivity contribution < 1.29 is 14.4 Å². The Kier molecular flexibility index (Phi) is 4.25. The van der Waals surface area contributed by atoms with Crippen molar-refractivity contribution in [2.24, 2.45) is 0 Å². The molecule has 3 saturated heterocycles. The maximum atomic E-state index is 12.8. The first-order chi connectivity index (χ1) is 13.5. The lowest BCUT2D eigenvalue weighted by molar-refractivity contribution is -0.136. The molecule has 3 fully saturated rings. The minimum absolute atomic E-state index is 0.105. The Morgan fingerprint density at radius 2 is 2.07 bits per heavy atom. The number of nitrogens with zero attached hydrogens (tertiary/aromatic N) is 2. The molecule has 28 heavy (non-hydrogen) atoms. The number of fused-ring (bicyclic) bond motifs is 1. The Balaban J connectivity index is 1.28. The van der Waals surface area contributed by atoms with Crippen molar-refractivity contribution in [2.45, 2.75) is 56.8 Å². The van der Waals surface area contributed by atoms with Crippen LogP contribution in [0.25, 0.3) is 0 Å². The fourth-order valence-corrected chi connectivity index (χ4v) is 5.29. The molecule has 7 heteroatoms. The monoisotopic (exact) mass is 382 g/mol. The molecule has 148 valence electrons. The number of hydrogen-bond donors (Lipinski definition) is 2. The molecule has 4 aliphatic heterocycles. The van der Waals surface area contributed by atoms with Crippen LogP contribution in [0.5, 0.6) is 0 Å². The van der Waals surface area contributed by atoms with Crippen LogP contribution in [-0.2, 0) is 22.7 Å². The highest BCUT2D eigenvalue weighted by Crippen LogP contribution is 2.32. The van der Waals surface area contributed by atoms with E-state index in [1.54, 1.807) is 4.90 Å². The minimum atomic E-state index is -0.548. The molecule has 3 amide bonds. The molecule has 0 bridgehead atoms. The van der Waals surface area contributed by atoms with Gasteiger partial charge in [-0.15, -0.1) is 0 Å². The first-order valence-corrected chi connectivity index (χ1v) is 10.3. The van der Waals surface area contributed by atoms with E-state index in [0.717, 1.165) is 31.7 Å². The first kappa shape index (κ1) is 17.8. The van der Waals surface area contributed by atoms with Gasteiger partial charge in [0.05, 0.1) is 0 Å². The van der Waals surface area contributed by atoms with Crippen molar-refractivity contribution in [3.8, 4) is 0 Å². The number of amides is 3. The van der Waals surface area contributed by atoms with E-state index in [-0.39, 0.29) is 24.1 Å². The van der Waals surface area contributed by atoms with E-state index in [9.17, 15) is 14.4 Å². The van der Waals surface area contributed by atoms with Gasteiger partial charge in [0.2, 0.25) is 11.8 Å². The zero-order valence-electron chi connectivity index (χ0n) is 16.0. The summed E-state index contributed by atoms with van der Waals surface area (Å²) in [6.45, 7) is 4.66. The summed E-state index contributed by atoms with van der Waals surface area (Å²) in [5.41, 5.74) is 3.20. The van der Waals surface area contributed by atoms with E-state index in [4.69, 9.17) is 0 Å². The van der Waals surface area contributed by atoms with E-state index in [1.807, 2.05) is 12.1 Å². The Bertz CT molecular complexity index is 846. The molecule has 1 spiro atoms. The summed E-state index contributed by atoms with van der Waals surface area (Å²) in [4.78, 5) is 40.5. The molecule has 2 atom stereocenters. The highest BCUT2D eigenvalue weighted by Gasteiger charge is 2.41. The Labute approximate surface area is 164 Å². The van der Waals surface area contributed by atoms with Crippen LogP contribution in [0, 0.1) is 0 Å². The van der Waals surface area contributed by atoms with Crippen LogP contribution in [0.1, 0.15) is 53.6 Å². The minimum Gasteiger partial charge on any atom is -0.322 e. The predicted molar refractivity (Wildman–Crippen MR) is 102 cm³/mol. The molecular formula is C21H26N4O3. The summed E-state index contributed by atoms with van der Waals surface area (Å²) in [6.07, 6.45) is 4.43. The van der Waals surface area contributed by atoms with Crippen LogP contribution < -0.4 is 10.6 Å². The number of imide groups is 1. The standard InChI is InChI=1S/C21H26N4O3/c26-18-5-4-17(19(27)23-18)25-12-15-10-14(2-3-16(15)20(25)28)11-24-9-7-21(13-24)6-1-8-22-21/h2-3,10,17,22H,1,4-9,11-13H2,(H,23,26,27). The van der Waals surface area contributed by atoms with E-state index >= 15 is 0 Å². The molecule has 4 aliphatic rings. The number of benzene rings is 1.